The molecule has 5 heteroatoms. The van der Waals surface area contributed by atoms with E-state index in [0.29, 0.717) is 19.0 Å². The van der Waals surface area contributed by atoms with Crippen LogP contribution in [0.3, 0.4) is 0 Å². The molecule has 1 aliphatic rings. The van der Waals surface area contributed by atoms with Gasteiger partial charge in [-0.25, -0.2) is 0 Å². The van der Waals surface area contributed by atoms with Crippen molar-refractivity contribution < 1.29 is 9.59 Å². The second-order valence-corrected chi connectivity index (χ2v) is 5.19. The summed E-state index contributed by atoms with van der Waals surface area (Å²) in [6.07, 6.45) is 2.51. The molecule has 0 atom stereocenters. The smallest absolute Gasteiger partial charge is 0.241 e. The van der Waals surface area contributed by atoms with E-state index >= 15 is 0 Å². The second-order valence-electron chi connectivity index (χ2n) is 5.19. The molecule has 0 aromatic rings. The zero-order valence-electron chi connectivity index (χ0n) is 11.7. The van der Waals surface area contributed by atoms with Gasteiger partial charge in [-0.05, 0) is 40.3 Å². The SMILES string of the molecule is CC(C)N(C)CCCCN1CCC(=O)NCC1=O. The van der Waals surface area contributed by atoms with Gasteiger partial charge in [-0.3, -0.25) is 9.59 Å². The second kappa shape index (κ2) is 7.36. The molecule has 0 unspecified atom stereocenters. The third-order valence-corrected chi connectivity index (χ3v) is 3.47. The summed E-state index contributed by atoms with van der Waals surface area (Å²) in [7, 11) is 2.12. The summed E-state index contributed by atoms with van der Waals surface area (Å²) in [6.45, 7) is 6.89. The lowest BCUT2D eigenvalue weighted by Gasteiger charge is -2.23. The van der Waals surface area contributed by atoms with Crippen molar-refractivity contribution in [2.75, 3.05) is 33.2 Å². The van der Waals surface area contributed by atoms with Gasteiger partial charge in [-0.15, -0.1) is 0 Å². The lowest BCUT2D eigenvalue weighted by atomic mass is 10.2. The fourth-order valence-corrected chi connectivity index (χ4v) is 1.89. The van der Waals surface area contributed by atoms with Gasteiger partial charge in [0.2, 0.25) is 11.8 Å². The highest BCUT2D eigenvalue weighted by Gasteiger charge is 2.19. The molecular formula is C13H25N3O2. The van der Waals surface area contributed by atoms with E-state index in [0.717, 1.165) is 25.9 Å². The Bertz CT molecular complexity index is 292. The molecule has 0 aromatic heterocycles. The molecule has 0 aliphatic carbocycles. The Balaban J connectivity index is 2.21. The Labute approximate surface area is 110 Å². The molecule has 0 saturated carbocycles. The van der Waals surface area contributed by atoms with Crippen LogP contribution in [0.15, 0.2) is 0 Å². The van der Waals surface area contributed by atoms with Crippen molar-refractivity contribution in [1.29, 1.82) is 0 Å². The molecule has 1 rings (SSSR count). The van der Waals surface area contributed by atoms with E-state index in [9.17, 15) is 9.59 Å². The van der Waals surface area contributed by atoms with Crippen molar-refractivity contribution in [2.24, 2.45) is 0 Å². The van der Waals surface area contributed by atoms with Gasteiger partial charge in [-0.2, -0.15) is 0 Å². The first-order valence-electron chi connectivity index (χ1n) is 6.75. The first kappa shape index (κ1) is 15.0. The third-order valence-electron chi connectivity index (χ3n) is 3.47. The van der Waals surface area contributed by atoms with Crippen LogP contribution in [-0.4, -0.2) is 60.9 Å². The molecule has 1 heterocycles. The van der Waals surface area contributed by atoms with Crippen molar-refractivity contribution in [3.05, 3.63) is 0 Å². The third kappa shape index (κ3) is 5.04. The topological polar surface area (TPSA) is 52.6 Å². The van der Waals surface area contributed by atoms with Gasteiger partial charge < -0.3 is 15.1 Å². The van der Waals surface area contributed by atoms with Crippen LogP contribution in [0, 0.1) is 0 Å². The summed E-state index contributed by atoms with van der Waals surface area (Å²) in [5.41, 5.74) is 0. The molecule has 104 valence electrons. The van der Waals surface area contributed by atoms with Crippen LogP contribution < -0.4 is 5.32 Å². The van der Waals surface area contributed by atoms with Gasteiger partial charge in [0, 0.05) is 25.6 Å². The molecule has 0 spiro atoms. The van der Waals surface area contributed by atoms with Crippen molar-refractivity contribution in [3.63, 3.8) is 0 Å². The minimum absolute atomic E-state index is 0.0228. The normalized spacial score (nSPS) is 17.3. The molecule has 2 amide bonds. The largest absolute Gasteiger partial charge is 0.347 e. The maximum absolute atomic E-state index is 11.7. The molecule has 1 N–H and O–H groups in total. The Morgan fingerprint density at radius 3 is 2.72 bits per heavy atom. The molecule has 1 aliphatic heterocycles. The fourth-order valence-electron chi connectivity index (χ4n) is 1.89. The Hall–Kier alpha value is -1.10. The Morgan fingerprint density at radius 2 is 2.06 bits per heavy atom. The highest BCUT2D eigenvalue weighted by Crippen LogP contribution is 2.03. The van der Waals surface area contributed by atoms with E-state index in [4.69, 9.17) is 0 Å². The standard InChI is InChI=1S/C13H25N3O2/c1-11(2)15(3)7-4-5-8-16-9-6-12(17)14-10-13(16)18/h11H,4-10H2,1-3H3,(H,14,17). The van der Waals surface area contributed by atoms with Gasteiger partial charge >= 0.3 is 0 Å². The fraction of sp³-hybridized carbons (Fsp3) is 0.846. The van der Waals surface area contributed by atoms with Crippen molar-refractivity contribution >= 4 is 11.8 Å². The van der Waals surface area contributed by atoms with Crippen LogP contribution >= 0.6 is 0 Å². The lowest BCUT2D eigenvalue weighted by Crippen LogP contribution is -2.36. The Morgan fingerprint density at radius 1 is 1.33 bits per heavy atom. The van der Waals surface area contributed by atoms with E-state index in [1.807, 2.05) is 0 Å². The monoisotopic (exact) mass is 255 g/mol. The molecule has 1 saturated heterocycles. The lowest BCUT2D eigenvalue weighted by molar-refractivity contribution is -0.130. The average Bonchev–Trinajstić information content (AvgIpc) is 2.48. The number of amides is 2. The number of hydrogen-bond donors (Lipinski definition) is 1. The Kier molecular flexibility index (Phi) is 6.12. The summed E-state index contributed by atoms with van der Waals surface area (Å²) < 4.78 is 0. The van der Waals surface area contributed by atoms with Crippen molar-refractivity contribution in [3.8, 4) is 0 Å². The number of carbonyl (C=O) groups is 2. The molecule has 5 nitrogen and oxygen atoms in total. The average molecular weight is 255 g/mol. The van der Waals surface area contributed by atoms with E-state index in [-0.39, 0.29) is 18.4 Å². The van der Waals surface area contributed by atoms with Crippen LogP contribution in [0.1, 0.15) is 33.1 Å². The predicted molar refractivity (Wildman–Crippen MR) is 71.2 cm³/mol. The highest BCUT2D eigenvalue weighted by molar-refractivity contribution is 5.87. The minimum atomic E-state index is -0.0228. The number of hydrogen-bond acceptors (Lipinski definition) is 3. The van der Waals surface area contributed by atoms with Crippen LogP contribution in [-0.2, 0) is 9.59 Å². The number of unbranched alkanes of at least 4 members (excludes halogenated alkanes) is 1. The predicted octanol–water partition coefficient (Wildman–Crippen LogP) is 0.455. The first-order valence-corrected chi connectivity index (χ1v) is 6.75. The number of rotatable bonds is 6. The van der Waals surface area contributed by atoms with Crippen LogP contribution in [0.2, 0.25) is 0 Å². The van der Waals surface area contributed by atoms with E-state index in [1.165, 1.54) is 0 Å². The maximum atomic E-state index is 11.7. The summed E-state index contributed by atoms with van der Waals surface area (Å²) in [6, 6.07) is 0.562. The van der Waals surface area contributed by atoms with Crippen LogP contribution in [0.25, 0.3) is 0 Å². The van der Waals surface area contributed by atoms with Crippen LogP contribution in [0.5, 0.6) is 0 Å². The zero-order valence-corrected chi connectivity index (χ0v) is 11.7. The molecule has 0 bridgehead atoms. The van der Waals surface area contributed by atoms with E-state index in [1.54, 1.807) is 4.90 Å². The van der Waals surface area contributed by atoms with E-state index in [2.05, 4.69) is 31.1 Å². The van der Waals surface area contributed by atoms with Gasteiger partial charge in [0.25, 0.3) is 0 Å². The number of carbonyl (C=O) groups excluding carboxylic acids is 2. The van der Waals surface area contributed by atoms with Gasteiger partial charge in [-0.1, -0.05) is 0 Å². The van der Waals surface area contributed by atoms with Crippen LogP contribution in [0.4, 0.5) is 0 Å². The summed E-state index contributed by atoms with van der Waals surface area (Å²) in [5, 5.41) is 2.61. The molecular weight excluding hydrogens is 230 g/mol. The number of nitrogens with zero attached hydrogens (tertiary/aromatic N) is 2. The molecule has 0 aromatic carbocycles. The maximum Gasteiger partial charge on any atom is 0.241 e. The summed E-state index contributed by atoms with van der Waals surface area (Å²) >= 11 is 0. The summed E-state index contributed by atoms with van der Waals surface area (Å²) in [5.74, 6) is 0.0171. The van der Waals surface area contributed by atoms with E-state index < -0.39 is 0 Å². The first-order chi connectivity index (χ1) is 8.50. The van der Waals surface area contributed by atoms with Gasteiger partial charge in [0.1, 0.15) is 0 Å². The summed E-state index contributed by atoms with van der Waals surface area (Å²) in [4.78, 5) is 27.0. The van der Waals surface area contributed by atoms with Gasteiger partial charge in [0.05, 0.1) is 6.54 Å². The van der Waals surface area contributed by atoms with Crippen molar-refractivity contribution in [2.45, 2.75) is 39.2 Å². The van der Waals surface area contributed by atoms with Crippen molar-refractivity contribution in [1.82, 2.24) is 15.1 Å². The van der Waals surface area contributed by atoms with Gasteiger partial charge in [0.15, 0.2) is 0 Å². The molecule has 18 heavy (non-hydrogen) atoms. The molecule has 1 fully saturated rings. The minimum Gasteiger partial charge on any atom is -0.347 e. The highest BCUT2D eigenvalue weighted by atomic mass is 16.2. The quantitative estimate of drug-likeness (QED) is 0.701. The molecule has 0 radical (unpaired) electrons. The number of nitrogens with one attached hydrogen (secondary N) is 1. The zero-order chi connectivity index (χ0) is 13.5.